The predicted octanol–water partition coefficient (Wildman–Crippen LogP) is 1.97. The smallest absolute Gasteiger partial charge is 0.255 e. The number of ether oxygens (including phenoxy) is 1. The van der Waals surface area contributed by atoms with Crippen LogP contribution in [0.1, 0.15) is 30.0 Å². The van der Waals surface area contributed by atoms with Crippen molar-refractivity contribution in [3.8, 4) is 5.88 Å². The van der Waals surface area contributed by atoms with Crippen LogP contribution in [-0.4, -0.2) is 65.1 Å². The van der Waals surface area contributed by atoms with E-state index in [2.05, 4.69) is 25.2 Å². The molecular formula is C19H26N6O2. The minimum absolute atomic E-state index is 0.00240. The van der Waals surface area contributed by atoms with Crippen LogP contribution in [0.2, 0.25) is 0 Å². The molecule has 0 aliphatic carbocycles. The Kier molecular flexibility index (Phi) is 6.05. The fourth-order valence-corrected chi connectivity index (χ4v) is 3.05. The lowest BCUT2D eigenvalue weighted by atomic mass is 10.2. The maximum absolute atomic E-state index is 12.7. The van der Waals surface area contributed by atoms with Crippen LogP contribution in [0.5, 0.6) is 5.88 Å². The van der Waals surface area contributed by atoms with E-state index in [0.717, 1.165) is 37.1 Å². The van der Waals surface area contributed by atoms with E-state index < -0.39 is 0 Å². The number of aryl methyl sites for hydroxylation is 1. The molecule has 8 nitrogen and oxygen atoms in total. The predicted molar refractivity (Wildman–Crippen MR) is 104 cm³/mol. The second-order valence-electron chi connectivity index (χ2n) is 6.29. The van der Waals surface area contributed by atoms with Crippen LogP contribution in [-0.2, 0) is 0 Å². The fourth-order valence-electron chi connectivity index (χ4n) is 3.05. The number of pyridine rings is 1. The average molecular weight is 370 g/mol. The molecule has 8 heteroatoms. The van der Waals surface area contributed by atoms with Gasteiger partial charge in [0.2, 0.25) is 5.88 Å². The number of rotatable bonds is 6. The molecule has 2 aromatic heterocycles. The van der Waals surface area contributed by atoms with Crippen molar-refractivity contribution in [2.45, 2.75) is 20.8 Å². The summed E-state index contributed by atoms with van der Waals surface area (Å²) in [6.07, 6.45) is 1.58. The first kappa shape index (κ1) is 18.9. The highest BCUT2D eigenvalue weighted by atomic mass is 16.5. The molecule has 0 aromatic carbocycles. The van der Waals surface area contributed by atoms with Crippen molar-refractivity contribution in [1.29, 1.82) is 0 Å². The molecule has 27 heavy (non-hydrogen) atoms. The third-order valence-electron chi connectivity index (χ3n) is 4.35. The molecule has 0 saturated carbocycles. The molecule has 0 atom stereocenters. The normalized spacial score (nSPS) is 14.2. The first-order valence-corrected chi connectivity index (χ1v) is 9.33. The van der Waals surface area contributed by atoms with E-state index in [4.69, 9.17) is 4.74 Å². The van der Waals surface area contributed by atoms with Crippen LogP contribution in [0, 0.1) is 6.92 Å². The van der Waals surface area contributed by atoms with Gasteiger partial charge in [-0.25, -0.2) is 15.0 Å². The Hall–Kier alpha value is -2.90. The summed E-state index contributed by atoms with van der Waals surface area (Å²) in [5, 5.41) is 3.23. The minimum atomic E-state index is -0.00240. The molecule has 144 valence electrons. The number of anilines is 2. The Bertz CT molecular complexity index is 772. The maximum atomic E-state index is 12.7. The van der Waals surface area contributed by atoms with Crippen molar-refractivity contribution in [3.05, 3.63) is 35.8 Å². The number of hydrogen-bond donors (Lipinski definition) is 1. The zero-order chi connectivity index (χ0) is 19.2. The second-order valence-corrected chi connectivity index (χ2v) is 6.29. The SMILES string of the molecule is CCNc1cc(N2CCN(C(=O)c3ccc(OCC)nc3)CC2)nc(C)n1. The van der Waals surface area contributed by atoms with Crippen LogP contribution in [0.25, 0.3) is 0 Å². The molecule has 0 bridgehead atoms. The van der Waals surface area contributed by atoms with E-state index in [1.807, 2.05) is 31.7 Å². The van der Waals surface area contributed by atoms with Gasteiger partial charge in [0.05, 0.1) is 12.2 Å². The topological polar surface area (TPSA) is 83.5 Å². The number of aromatic nitrogens is 3. The van der Waals surface area contributed by atoms with Crippen molar-refractivity contribution in [2.75, 3.05) is 49.5 Å². The largest absolute Gasteiger partial charge is 0.478 e. The fraction of sp³-hybridized carbons (Fsp3) is 0.474. The van der Waals surface area contributed by atoms with E-state index in [9.17, 15) is 4.79 Å². The number of piperazine rings is 1. The standard InChI is InChI=1S/C19H26N6O2/c1-4-20-16-12-17(23-14(3)22-16)24-8-10-25(11-9-24)19(26)15-6-7-18(21-13-15)27-5-2/h6-7,12-13H,4-5,8-11H2,1-3H3,(H,20,22,23). The Balaban J connectivity index is 1.62. The number of nitrogens with zero attached hydrogens (tertiary/aromatic N) is 5. The van der Waals surface area contributed by atoms with E-state index in [1.54, 1.807) is 18.3 Å². The van der Waals surface area contributed by atoms with Gasteiger partial charge in [-0.2, -0.15) is 0 Å². The molecule has 3 heterocycles. The summed E-state index contributed by atoms with van der Waals surface area (Å²) < 4.78 is 5.33. The summed E-state index contributed by atoms with van der Waals surface area (Å²) >= 11 is 0. The highest BCUT2D eigenvalue weighted by molar-refractivity contribution is 5.94. The summed E-state index contributed by atoms with van der Waals surface area (Å²) in [4.78, 5) is 29.9. The van der Waals surface area contributed by atoms with Crippen molar-refractivity contribution >= 4 is 17.5 Å². The summed E-state index contributed by atoms with van der Waals surface area (Å²) in [6, 6.07) is 5.46. The van der Waals surface area contributed by atoms with Crippen LogP contribution < -0.4 is 15.0 Å². The van der Waals surface area contributed by atoms with E-state index in [1.165, 1.54) is 0 Å². The van der Waals surface area contributed by atoms with Gasteiger partial charge in [-0.1, -0.05) is 0 Å². The molecule has 1 amide bonds. The molecule has 1 saturated heterocycles. The van der Waals surface area contributed by atoms with Crippen molar-refractivity contribution < 1.29 is 9.53 Å². The Morgan fingerprint density at radius 3 is 2.59 bits per heavy atom. The molecule has 0 unspecified atom stereocenters. The number of carbonyl (C=O) groups excluding carboxylic acids is 1. The Morgan fingerprint density at radius 1 is 1.19 bits per heavy atom. The van der Waals surface area contributed by atoms with Gasteiger partial charge < -0.3 is 19.9 Å². The second kappa shape index (κ2) is 8.66. The highest BCUT2D eigenvalue weighted by Gasteiger charge is 2.23. The summed E-state index contributed by atoms with van der Waals surface area (Å²) in [6.45, 7) is 9.96. The monoisotopic (exact) mass is 370 g/mol. The maximum Gasteiger partial charge on any atom is 0.255 e. The summed E-state index contributed by atoms with van der Waals surface area (Å²) in [7, 11) is 0. The van der Waals surface area contributed by atoms with Gasteiger partial charge in [0, 0.05) is 51.1 Å². The zero-order valence-corrected chi connectivity index (χ0v) is 16.1. The molecule has 3 rings (SSSR count). The molecular weight excluding hydrogens is 344 g/mol. The first-order chi connectivity index (χ1) is 13.1. The van der Waals surface area contributed by atoms with Gasteiger partial charge in [0.1, 0.15) is 17.5 Å². The van der Waals surface area contributed by atoms with Crippen molar-refractivity contribution in [2.24, 2.45) is 0 Å². The Morgan fingerprint density at radius 2 is 1.96 bits per heavy atom. The van der Waals surface area contributed by atoms with Crippen LogP contribution in [0.3, 0.4) is 0 Å². The number of nitrogens with one attached hydrogen (secondary N) is 1. The minimum Gasteiger partial charge on any atom is -0.478 e. The number of amides is 1. The van der Waals surface area contributed by atoms with Gasteiger partial charge in [0.25, 0.3) is 5.91 Å². The van der Waals surface area contributed by atoms with Gasteiger partial charge in [-0.3, -0.25) is 4.79 Å². The lowest BCUT2D eigenvalue weighted by Crippen LogP contribution is -2.49. The van der Waals surface area contributed by atoms with Crippen molar-refractivity contribution in [3.63, 3.8) is 0 Å². The quantitative estimate of drug-likeness (QED) is 0.832. The van der Waals surface area contributed by atoms with Gasteiger partial charge in [-0.15, -0.1) is 0 Å². The van der Waals surface area contributed by atoms with Gasteiger partial charge in [-0.05, 0) is 26.8 Å². The molecule has 1 fully saturated rings. The molecule has 0 radical (unpaired) electrons. The third-order valence-corrected chi connectivity index (χ3v) is 4.35. The molecule has 1 aliphatic rings. The lowest BCUT2D eigenvalue weighted by Gasteiger charge is -2.35. The first-order valence-electron chi connectivity index (χ1n) is 9.33. The summed E-state index contributed by atoms with van der Waals surface area (Å²) in [5.41, 5.74) is 0.583. The van der Waals surface area contributed by atoms with Crippen LogP contribution >= 0.6 is 0 Å². The van der Waals surface area contributed by atoms with E-state index in [0.29, 0.717) is 31.1 Å². The van der Waals surface area contributed by atoms with E-state index in [-0.39, 0.29) is 5.91 Å². The zero-order valence-electron chi connectivity index (χ0n) is 16.1. The molecule has 1 aliphatic heterocycles. The molecule has 0 spiro atoms. The highest BCUT2D eigenvalue weighted by Crippen LogP contribution is 2.19. The van der Waals surface area contributed by atoms with Crippen LogP contribution in [0.4, 0.5) is 11.6 Å². The van der Waals surface area contributed by atoms with Crippen molar-refractivity contribution in [1.82, 2.24) is 19.9 Å². The Labute approximate surface area is 159 Å². The van der Waals surface area contributed by atoms with Gasteiger partial charge >= 0.3 is 0 Å². The van der Waals surface area contributed by atoms with Crippen LogP contribution in [0.15, 0.2) is 24.4 Å². The average Bonchev–Trinajstić information content (AvgIpc) is 2.68. The summed E-state index contributed by atoms with van der Waals surface area (Å²) in [5.74, 6) is 3.00. The lowest BCUT2D eigenvalue weighted by molar-refractivity contribution is 0.0746. The van der Waals surface area contributed by atoms with Gasteiger partial charge in [0.15, 0.2) is 0 Å². The molecule has 1 N–H and O–H groups in total. The third kappa shape index (κ3) is 4.64. The molecule has 2 aromatic rings. The number of carbonyl (C=O) groups is 1. The number of hydrogen-bond acceptors (Lipinski definition) is 7. The van der Waals surface area contributed by atoms with E-state index >= 15 is 0 Å².